The van der Waals surface area contributed by atoms with Crippen LogP contribution in [-0.2, 0) is 26.3 Å². The third kappa shape index (κ3) is 6.56. The number of amides is 2. The standard InChI is InChI=1S/C43H38N4O5/c1-29(45-42(51)52-27-38-36-23-13-11-21-34(36)35-22-12-14-24-37(35)38)40(48)46-39(41(49)50)25-33-26-47(28-44-33)43(30-15-5-2-6-16-30,31-17-7-3-8-18-31)32-19-9-4-10-20-32/h2-24,26,28-29,38-39H,25,27H2,1H3,(H,45,51)(H,46,48)(H,49,50)/t29-,39-/m0/s1. The lowest BCUT2D eigenvalue weighted by Gasteiger charge is -2.37. The number of carbonyl (C=O) groups excluding carboxylic acids is 2. The highest BCUT2D eigenvalue weighted by Gasteiger charge is 2.39. The van der Waals surface area contributed by atoms with E-state index in [0.29, 0.717) is 5.69 Å². The maximum absolute atomic E-state index is 13.2. The molecule has 1 aliphatic carbocycles. The van der Waals surface area contributed by atoms with Crippen LogP contribution in [0.3, 0.4) is 0 Å². The van der Waals surface area contributed by atoms with Crippen LogP contribution in [0.2, 0.25) is 0 Å². The Morgan fingerprint density at radius 2 is 1.21 bits per heavy atom. The molecule has 0 radical (unpaired) electrons. The van der Waals surface area contributed by atoms with Crippen LogP contribution >= 0.6 is 0 Å². The Labute approximate surface area is 301 Å². The molecule has 0 saturated heterocycles. The Kier molecular flexibility index (Phi) is 9.66. The molecule has 0 spiro atoms. The van der Waals surface area contributed by atoms with E-state index in [2.05, 4.69) is 64.1 Å². The summed E-state index contributed by atoms with van der Waals surface area (Å²) in [4.78, 5) is 43.2. The lowest BCUT2D eigenvalue weighted by molar-refractivity contribution is -0.142. The minimum atomic E-state index is -1.30. The molecule has 7 rings (SSSR count). The van der Waals surface area contributed by atoms with Gasteiger partial charge in [0, 0.05) is 18.5 Å². The van der Waals surface area contributed by atoms with Crippen molar-refractivity contribution in [1.82, 2.24) is 20.2 Å². The van der Waals surface area contributed by atoms with E-state index < -0.39 is 35.6 Å². The van der Waals surface area contributed by atoms with Gasteiger partial charge in [0.1, 0.15) is 24.2 Å². The monoisotopic (exact) mass is 690 g/mol. The zero-order chi connectivity index (χ0) is 36.1. The fourth-order valence-corrected chi connectivity index (χ4v) is 7.23. The number of aliphatic carboxylic acids is 1. The molecule has 9 heteroatoms. The molecule has 2 amide bonds. The summed E-state index contributed by atoms with van der Waals surface area (Å²) >= 11 is 0. The molecule has 1 aliphatic rings. The summed E-state index contributed by atoms with van der Waals surface area (Å²) in [5.41, 5.74) is 6.99. The predicted molar refractivity (Wildman–Crippen MR) is 198 cm³/mol. The van der Waals surface area contributed by atoms with Crippen molar-refractivity contribution in [2.75, 3.05) is 6.61 Å². The molecule has 0 unspecified atom stereocenters. The van der Waals surface area contributed by atoms with Crippen molar-refractivity contribution < 1.29 is 24.2 Å². The number of carboxylic acid groups (broad SMARTS) is 1. The Morgan fingerprint density at radius 1 is 0.731 bits per heavy atom. The quantitative estimate of drug-likeness (QED) is 0.122. The van der Waals surface area contributed by atoms with Gasteiger partial charge in [0.2, 0.25) is 5.91 Å². The molecule has 52 heavy (non-hydrogen) atoms. The average molecular weight is 691 g/mol. The van der Waals surface area contributed by atoms with Crippen LogP contribution in [-0.4, -0.2) is 51.3 Å². The SMILES string of the molecule is C[C@H](NC(=O)OCC1c2ccccc2-c2ccccc21)C(=O)N[C@@H](Cc1cn(C(c2ccccc2)(c2ccccc2)c2ccccc2)cn1)C(=O)O. The van der Waals surface area contributed by atoms with Gasteiger partial charge in [-0.3, -0.25) is 4.79 Å². The maximum atomic E-state index is 13.2. The van der Waals surface area contributed by atoms with E-state index in [9.17, 15) is 19.5 Å². The number of benzene rings is 5. The van der Waals surface area contributed by atoms with Gasteiger partial charge in [0.25, 0.3) is 0 Å². The van der Waals surface area contributed by atoms with E-state index in [1.54, 1.807) is 6.33 Å². The van der Waals surface area contributed by atoms with E-state index in [4.69, 9.17) is 4.74 Å². The average Bonchev–Trinajstić information content (AvgIpc) is 3.78. The highest BCUT2D eigenvalue weighted by molar-refractivity contribution is 5.89. The molecule has 0 bridgehead atoms. The number of hydrogen-bond acceptors (Lipinski definition) is 5. The zero-order valence-electron chi connectivity index (χ0n) is 28.6. The van der Waals surface area contributed by atoms with Gasteiger partial charge in [0.05, 0.1) is 12.0 Å². The number of ether oxygens (including phenoxy) is 1. The van der Waals surface area contributed by atoms with Gasteiger partial charge in [-0.25, -0.2) is 14.6 Å². The number of alkyl carbamates (subject to hydrolysis) is 1. The van der Waals surface area contributed by atoms with E-state index >= 15 is 0 Å². The fourth-order valence-electron chi connectivity index (χ4n) is 7.23. The zero-order valence-corrected chi connectivity index (χ0v) is 28.6. The number of aromatic nitrogens is 2. The number of fused-ring (bicyclic) bond motifs is 3. The van der Waals surface area contributed by atoms with E-state index in [1.807, 2.05) is 102 Å². The van der Waals surface area contributed by atoms with Crippen LogP contribution in [0.15, 0.2) is 152 Å². The van der Waals surface area contributed by atoms with Gasteiger partial charge in [0.15, 0.2) is 0 Å². The number of carbonyl (C=O) groups is 3. The van der Waals surface area contributed by atoms with Crippen molar-refractivity contribution in [3.63, 3.8) is 0 Å². The second kappa shape index (κ2) is 14.8. The summed E-state index contributed by atoms with van der Waals surface area (Å²) in [7, 11) is 0. The maximum Gasteiger partial charge on any atom is 0.407 e. The first-order valence-electron chi connectivity index (χ1n) is 17.2. The third-order valence-electron chi connectivity index (χ3n) is 9.70. The minimum Gasteiger partial charge on any atom is -0.480 e. The van der Waals surface area contributed by atoms with Gasteiger partial charge in [-0.2, -0.15) is 0 Å². The largest absolute Gasteiger partial charge is 0.480 e. The summed E-state index contributed by atoms with van der Waals surface area (Å²) in [6.45, 7) is 1.57. The summed E-state index contributed by atoms with van der Waals surface area (Å²) in [6.07, 6.45) is 2.67. The van der Waals surface area contributed by atoms with Gasteiger partial charge >= 0.3 is 12.1 Å². The Balaban J connectivity index is 1.05. The van der Waals surface area contributed by atoms with E-state index in [0.717, 1.165) is 38.9 Å². The van der Waals surface area contributed by atoms with Gasteiger partial charge in [-0.15, -0.1) is 0 Å². The van der Waals surface area contributed by atoms with Crippen LogP contribution in [0.25, 0.3) is 11.1 Å². The van der Waals surface area contributed by atoms with Gasteiger partial charge < -0.3 is 25.0 Å². The minimum absolute atomic E-state index is 0.0831. The summed E-state index contributed by atoms with van der Waals surface area (Å²) < 4.78 is 7.58. The lowest BCUT2D eigenvalue weighted by Crippen LogP contribution is -2.51. The topological polar surface area (TPSA) is 123 Å². The van der Waals surface area contributed by atoms with Crippen molar-refractivity contribution in [1.29, 1.82) is 0 Å². The Morgan fingerprint density at radius 3 is 1.71 bits per heavy atom. The van der Waals surface area contributed by atoms with Crippen molar-refractivity contribution in [2.24, 2.45) is 0 Å². The molecule has 5 aromatic carbocycles. The first kappa shape index (κ1) is 34.0. The molecule has 6 aromatic rings. The van der Waals surface area contributed by atoms with E-state index in [1.165, 1.54) is 6.92 Å². The van der Waals surface area contributed by atoms with Crippen molar-refractivity contribution >= 4 is 18.0 Å². The molecule has 0 fully saturated rings. The van der Waals surface area contributed by atoms with Crippen molar-refractivity contribution in [2.45, 2.75) is 36.9 Å². The molecule has 9 nitrogen and oxygen atoms in total. The molecular weight excluding hydrogens is 652 g/mol. The predicted octanol–water partition coefficient (Wildman–Crippen LogP) is 6.76. The molecule has 1 heterocycles. The number of nitrogens with zero attached hydrogens (tertiary/aromatic N) is 2. The molecular formula is C43H38N4O5. The van der Waals surface area contributed by atoms with Crippen molar-refractivity contribution in [3.8, 4) is 11.1 Å². The van der Waals surface area contributed by atoms with Crippen LogP contribution in [0.1, 0.15) is 46.4 Å². The van der Waals surface area contributed by atoms with Gasteiger partial charge in [-0.1, -0.05) is 140 Å². The molecule has 1 aromatic heterocycles. The van der Waals surface area contributed by atoms with E-state index in [-0.39, 0.29) is 18.9 Å². The van der Waals surface area contributed by atoms with Crippen LogP contribution < -0.4 is 10.6 Å². The molecule has 0 saturated carbocycles. The van der Waals surface area contributed by atoms with Gasteiger partial charge in [-0.05, 0) is 45.9 Å². The smallest absolute Gasteiger partial charge is 0.407 e. The Bertz CT molecular complexity index is 2040. The number of carboxylic acids is 1. The Hall–Kier alpha value is -6.48. The number of nitrogens with one attached hydrogen (secondary N) is 2. The first-order chi connectivity index (χ1) is 25.4. The third-order valence-corrected chi connectivity index (χ3v) is 9.70. The summed E-state index contributed by atoms with van der Waals surface area (Å²) in [5, 5.41) is 15.3. The van der Waals surface area contributed by atoms with Crippen LogP contribution in [0, 0.1) is 0 Å². The number of imidazole rings is 1. The summed E-state index contributed by atoms with van der Waals surface area (Å²) in [6, 6.07) is 43.9. The summed E-state index contributed by atoms with van der Waals surface area (Å²) in [5.74, 6) is -2.02. The lowest BCUT2D eigenvalue weighted by atomic mass is 9.77. The van der Waals surface area contributed by atoms with Crippen LogP contribution in [0.4, 0.5) is 4.79 Å². The highest BCUT2D eigenvalue weighted by Crippen LogP contribution is 2.44. The van der Waals surface area contributed by atoms with Crippen LogP contribution in [0.5, 0.6) is 0 Å². The molecule has 2 atom stereocenters. The fraction of sp³-hybridized carbons (Fsp3) is 0.163. The molecule has 260 valence electrons. The number of rotatable bonds is 12. The normalized spacial score (nSPS) is 13.3. The second-order valence-electron chi connectivity index (χ2n) is 12.9. The van der Waals surface area contributed by atoms with Crippen molar-refractivity contribution in [3.05, 3.63) is 186 Å². The molecule has 0 aliphatic heterocycles. The second-order valence-corrected chi connectivity index (χ2v) is 12.9. The number of hydrogen-bond donors (Lipinski definition) is 3. The first-order valence-corrected chi connectivity index (χ1v) is 17.2. The molecule has 3 N–H and O–H groups in total. The highest BCUT2D eigenvalue weighted by atomic mass is 16.5.